The summed E-state index contributed by atoms with van der Waals surface area (Å²) < 4.78 is 10.7. The number of aryl methyl sites for hydroxylation is 2. The number of aromatic amines is 1. The molecule has 1 N–H and O–H groups in total. The van der Waals surface area contributed by atoms with Crippen LogP contribution >= 0.6 is 22.9 Å². The fourth-order valence-electron chi connectivity index (χ4n) is 2.42. The van der Waals surface area contributed by atoms with Gasteiger partial charge in [-0.05, 0) is 50.6 Å². The van der Waals surface area contributed by atoms with E-state index in [1.54, 1.807) is 31.2 Å². The zero-order chi connectivity index (χ0) is 18.8. The first-order valence-corrected chi connectivity index (χ1v) is 9.12. The standard InChI is InChI=1S/C18H17ClN2O4S/c1-9-11(3)26-18-15(9)17(23)20-16(21-18)10(2)25-14(22)8-24-13-6-4-12(19)5-7-13/h4-7,10H,8H2,1-3H3,(H,20,21,23)/t10-/m1/s1. The van der Waals surface area contributed by atoms with Crippen molar-refractivity contribution in [2.75, 3.05) is 6.61 Å². The molecule has 1 atom stereocenters. The van der Waals surface area contributed by atoms with E-state index in [9.17, 15) is 9.59 Å². The van der Waals surface area contributed by atoms with E-state index in [4.69, 9.17) is 21.1 Å². The maximum atomic E-state index is 12.3. The van der Waals surface area contributed by atoms with Gasteiger partial charge in [0.15, 0.2) is 18.5 Å². The second-order valence-electron chi connectivity index (χ2n) is 5.79. The molecule has 0 fully saturated rings. The summed E-state index contributed by atoms with van der Waals surface area (Å²) in [6.07, 6.45) is -0.698. The van der Waals surface area contributed by atoms with Crippen LogP contribution in [-0.2, 0) is 9.53 Å². The van der Waals surface area contributed by atoms with Gasteiger partial charge in [0.05, 0.1) is 5.39 Å². The molecule has 0 amide bonds. The average molecular weight is 393 g/mol. The monoisotopic (exact) mass is 392 g/mol. The van der Waals surface area contributed by atoms with Crippen molar-refractivity contribution < 1.29 is 14.3 Å². The third kappa shape index (κ3) is 3.89. The summed E-state index contributed by atoms with van der Waals surface area (Å²) in [5.74, 6) is 0.258. The lowest BCUT2D eigenvalue weighted by molar-refractivity contribution is -0.151. The number of rotatable bonds is 5. The highest BCUT2D eigenvalue weighted by molar-refractivity contribution is 7.18. The predicted octanol–water partition coefficient (Wildman–Crippen LogP) is 3.94. The molecular weight excluding hydrogens is 376 g/mol. The summed E-state index contributed by atoms with van der Waals surface area (Å²) >= 11 is 7.24. The Balaban J connectivity index is 1.68. The topological polar surface area (TPSA) is 81.3 Å². The number of aromatic nitrogens is 2. The number of halogens is 1. The summed E-state index contributed by atoms with van der Waals surface area (Å²) in [7, 11) is 0. The fourth-order valence-corrected chi connectivity index (χ4v) is 3.59. The molecule has 2 aromatic heterocycles. The normalized spacial score (nSPS) is 12.2. The summed E-state index contributed by atoms with van der Waals surface area (Å²) in [4.78, 5) is 33.1. The van der Waals surface area contributed by atoms with Crippen molar-refractivity contribution in [2.24, 2.45) is 0 Å². The van der Waals surface area contributed by atoms with Crippen molar-refractivity contribution in [2.45, 2.75) is 26.9 Å². The third-order valence-corrected chi connectivity index (χ3v) is 5.27. The third-order valence-electron chi connectivity index (χ3n) is 3.92. The Morgan fingerprint density at radius 2 is 2.00 bits per heavy atom. The molecule has 8 heteroatoms. The van der Waals surface area contributed by atoms with E-state index in [-0.39, 0.29) is 12.2 Å². The van der Waals surface area contributed by atoms with Crippen molar-refractivity contribution in [3.05, 3.63) is 55.9 Å². The number of nitrogens with zero attached hydrogens (tertiary/aromatic N) is 1. The lowest BCUT2D eigenvalue weighted by atomic mass is 10.2. The van der Waals surface area contributed by atoms with E-state index in [2.05, 4.69) is 9.97 Å². The van der Waals surface area contributed by atoms with Gasteiger partial charge in [-0.3, -0.25) is 4.79 Å². The van der Waals surface area contributed by atoms with Crippen molar-refractivity contribution in [3.63, 3.8) is 0 Å². The van der Waals surface area contributed by atoms with E-state index in [1.807, 2.05) is 13.8 Å². The van der Waals surface area contributed by atoms with Crippen LogP contribution < -0.4 is 10.3 Å². The molecule has 2 heterocycles. The summed E-state index contributed by atoms with van der Waals surface area (Å²) in [6, 6.07) is 6.65. The molecule has 0 aliphatic rings. The first-order chi connectivity index (χ1) is 12.3. The molecule has 3 rings (SSSR count). The van der Waals surface area contributed by atoms with Gasteiger partial charge in [-0.25, -0.2) is 9.78 Å². The number of hydrogen-bond acceptors (Lipinski definition) is 6. The van der Waals surface area contributed by atoms with Gasteiger partial charge in [0.2, 0.25) is 0 Å². The SMILES string of the molecule is Cc1sc2nc([C@@H](C)OC(=O)COc3ccc(Cl)cc3)[nH]c(=O)c2c1C. The average Bonchev–Trinajstić information content (AvgIpc) is 2.89. The number of ether oxygens (including phenoxy) is 2. The molecule has 3 aromatic rings. The fraction of sp³-hybridized carbons (Fsp3) is 0.278. The molecule has 26 heavy (non-hydrogen) atoms. The highest BCUT2D eigenvalue weighted by Gasteiger charge is 2.18. The summed E-state index contributed by atoms with van der Waals surface area (Å²) in [6.45, 7) is 5.23. The Labute approximate surface area is 158 Å². The number of nitrogens with one attached hydrogen (secondary N) is 1. The quantitative estimate of drug-likeness (QED) is 0.665. The molecule has 0 spiro atoms. The number of esters is 1. The lowest BCUT2D eigenvalue weighted by Crippen LogP contribution is -2.20. The van der Waals surface area contributed by atoms with Gasteiger partial charge < -0.3 is 14.5 Å². The Bertz CT molecular complexity index is 1010. The van der Waals surface area contributed by atoms with E-state index in [0.717, 1.165) is 10.4 Å². The molecule has 136 valence electrons. The van der Waals surface area contributed by atoms with Crippen molar-refractivity contribution in [3.8, 4) is 5.75 Å². The molecule has 0 saturated carbocycles. The maximum Gasteiger partial charge on any atom is 0.344 e. The van der Waals surface area contributed by atoms with Crippen LogP contribution in [0.25, 0.3) is 10.2 Å². The van der Waals surface area contributed by atoms with Crippen LogP contribution in [0.1, 0.15) is 29.3 Å². The van der Waals surface area contributed by atoms with Gasteiger partial charge in [-0.1, -0.05) is 11.6 Å². The number of H-pyrrole nitrogens is 1. The molecule has 6 nitrogen and oxygen atoms in total. The molecule has 0 unspecified atom stereocenters. The van der Waals surface area contributed by atoms with Crippen molar-refractivity contribution in [1.82, 2.24) is 9.97 Å². The molecule has 0 aliphatic carbocycles. The van der Waals surface area contributed by atoms with Crippen LogP contribution in [-0.4, -0.2) is 22.5 Å². The molecular formula is C18H17ClN2O4S. The molecule has 0 aliphatic heterocycles. The molecule has 1 aromatic carbocycles. The van der Waals surface area contributed by atoms with E-state index in [0.29, 0.717) is 26.8 Å². The van der Waals surface area contributed by atoms with Crippen LogP contribution in [0.3, 0.4) is 0 Å². The second-order valence-corrected chi connectivity index (χ2v) is 7.43. The van der Waals surface area contributed by atoms with E-state index in [1.165, 1.54) is 11.3 Å². The number of benzene rings is 1. The number of fused-ring (bicyclic) bond motifs is 1. The van der Waals surface area contributed by atoms with Gasteiger partial charge >= 0.3 is 5.97 Å². The van der Waals surface area contributed by atoms with Gasteiger partial charge in [-0.15, -0.1) is 11.3 Å². The first-order valence-electron chi connectivity index (χ1n) is 7.93. The van der Waals surface area contributed by atoms with Gasteiger partial charge in [0.25, 0.3) is 5.56 Å². The Morgan fingerprint density at radius 3 is 2.69 bits per heavy atom. The highest BCUT2D eigenvalue weighted by atomic mass is 35.5. The summed E-state index contributed by atoms with van der Waals surface area (Å²) in [5.41, 5.74) is 0.693. The molecule has 0 saturated heterocycles. The van der Waals surface area contributed by atoms with Crippen LogP contribution in [0.5, 0.6) is 5.75 Å². The Kier molecular flexibility index (Phi) is 5.29. The molecule has 0 bridgehead atoms. The number of thiophene rings is 1. The predicted molar refractivity (Wildman–Crippen MR) is 101 cm³/mol. The minimum atomic E-state index is -0.698. The molecule has 0 radical (unpaired) electrons. The van der Waals surface area contributed by atoms with Crippen LogP contribution in [0.2, 0.25) is 5.02 Å². The largest absolute Gasteiger partial charge is 0.482 e. The van der Waals surface area contributed by atoms with Gasteiger partial charge in [0, 0.05) is 9.90 Å². The van der Waals surface area contributed by atoms with Crippen LogP contribution in [0.15, 0.2) is 29.1 Å². The number of carbonyl (C=O) groups is 1. The first kappa shape index (κ1) is 18.4. The van der Waals surface area contributed by atoms with E-state index < -0.39 is 12.1 Å². The Morgan fingerprint density at radius 1 is 1.31 bits per heavy atom. The summed E-state index contributed by atoms with van der Waals surface area (Å²) in [5, 5.41) is 1.17. The minimum absolute atomic E-state index is 0.229. The zero-order valence-electron chi connectivity index (χ0n) is 14.5. The number of carbonyl (C=O) groups excluding carboxylic acids is 1. The van der Waals surface area contributed by atoms with Crippen LogP contribution in [0.4, 0.5) is 0 Å². The smallest absolute Gasteiger partial charge is 0.344 e. The maximum absolute atomic E-state index is 12.3. The van der Waals surface area contributed by atoms with Crippen LogP contribution in [0, 0.1) is 13.8 Å². The van der Waals surface area contributed by atoms with E-state index >= 15 is 0 Å². The second kappa shape index (κ2) is 7.47. The zero-order valence-corrected chi connectivity index (χ0v) is 16.0. The van der Waals surface area contributed by atoms with Gasteiger partial charge in [0.1, 0.15) is 10.6 Å². The number of hydrogen-bond donors (Lipinski definition) is 1. The lowest BCUT2D eigenvalue weighted by Gasteiger charge is -2.13. The highest BCUT2D eigenvalue weighted by Crippen LogP contribution is 2.27. The Hall–Kier alpha value is -2.38. The van der Waals surface area contributed by atoms with Crippen molar-refractivity contribution >= 4 is 39.1 Å². The van der Waals surface area contributed by atoms with Crippen molar-refractivity contribution in [1.29, 1.82) is 0 Å². The van der Waals surface area contributed by atoms with Gasteiger partial charge in [-0.2, -0.15) is 0 Å². The minimum Gasteiger partial charge on any atom is -0.482 e.